The Kier molecular flexibility index (Phi) is 5.82. The van der Waals surface area contributed by atoms with Crippen molar-refractivity contribution < 1.29 is 13.2 Å². The quantitative estimate of drug-likeness (QED) is 0.526. The summed E-state index contributed by atoms with van der Waals surface area (Å²) in [5.41, 5.74) is 0. The first-order chi connectivity index (χ1) is 11.9. The van der Waals surface area contributed by atoms with Crippen molar-refractivity contribution in [3.8, 4) is 5.75 Å². The van der Waals surface area contributed by atoms with Crippen LogP contribution in [0.4, 0.5) is 0 Å². The van der Waals surface area contributed by atoms with Crippen LogP contribution in [0.5, 0.6) is 5.75 Å². The molecule has 0 amide bonds. The van der Waals surface area contributed by atoms with Crippen molar-refractivity contribution in [2.24, 2.45) is 7.05 Å². The summed E-state index contributed by atoms with van der Waals surface area (Å²) in [5, 5.41) is 10.2. The molecule has 6 nitrogen and oxygen atoms in total. The lowest BCUT2D eigenvalue weighted by atomic mass is 10.1. The van der Waals surface area contributed by atoms with Crippen molar-refractivity contribution in [2.45, 2.75) is 17.5 Å². The van der Waals surface area contributed by atoms with E-state index in [0.29, 0.717) is 34.6 Å². The Bertz CT molecular complexity index is 871. The van der Waals surface area contributed by atoms with Gasteiger partial charge in [0.05, 0.1) is 23.1 Å². The van der Waals surface area contributed by atoms with Crippen LogP contribution in [0.2, 0.25) is 10.0 Å². The van der Waals surface area contributed by atoms with Crippen molar-refractivity contribution in [2.75, 3.05) is 23.9 Å². The number of rotatable bonds is 6. The minimum atomic E-state index is -2.94. The fourth-order valence-corrected chi connectivity index (χ4v) is 5.49. The Balaban J connectivity index is 1.55. The zero-order valence-electron chi connectivity index (χ0n) is 13.5. The van der Waals surface area contributed by atoms with Gasteiger partial charge in [0, 0.05) is 29.8 Å². The maximum atomic E-state index is 11.6. The predicted molar refractivity (Wildman–Crippen MR) is 99.7 cm³/mol. The summed E-state index contributed by atoms with van der Waals surface area (Å²) < 4.78 is 30.8. The lowest BCUT2D eigenvalue weighted by Crippen LogP contribution is -2.09. The van der Waals surface area contributed by atoms with Crippen molar-refractivity contribution in [1.29, 1.82) is 0 Å². The largest absolute Gasteiger partial charge is 0.491 e. The molecule has 3 rings (SSSR count). The van der Waals surface area contributed by atoms with Crippen LogP contribution >= 0.6 is 35.0 Å². The highest BCUT2D eigenvalue weighted by molar-refractivity contribution is 7.99. The summed E-state index contributed by atoms with van der Waals surface area (Å²) in [6, 6.07) is 5.07. The lowest BCUT2D eigenvalue weighted by Gasteiger charge is -2.09. The highest BCUT2D eigenvalue weighted by Gasteiger charge is 2.32. The van der Waals surface area contributed by atoms with Gasteiger partial charge in [0.15, 0.2) is 15.0 Å². The zero-order valence-corrected chi connectivity index (χ0v) is 16.6. The minimum absolute atomic E-state index is 0.0710. The Morgan fingerprint density at radius 3 is 2.88 bits per heavy atom. The van der Waals surface area contributed by atoms with Gasteiger partial charge in [-0.3, -0.25) is 0 Å². The summed E-state index contributed by atoms with van der Waals surface area (Å²) in [5.74, 6) is 2.23. The van der Waals surface area contributed by atoms with Gasteiger partial charge in [-0.2, -0.15) is 0 Å². The highest BCUT2D eigenvalue weighted by Crippen LogP contribution is 2.30. The molecule has 0 N–H and O–H groups in total. The first kappa shape index (κ1) is 18.8. The third-order valence-corrected chi connectivity index (χ3v) is 7.23. The van der Waals surface area contributed by atoms with E-state index in [0.717, 1.165) is 11.0 Å². The second-order valence-electron chi connectivity index (χ2n) is 5.77. The summed E-state index contributed by atoms with van der Waals surface area (Å²) in [4.78, 5) is 0. The molecule has 0 bridgehead atoms. The topological polar surface area (TPSA) is 74.1 Å². The molecule has 1 fully saturated rings. The molecule has 2 heterocycles. The van der Waals surface area contributed by atoms with Gasteiger partial charge in [-0.1, -0.05) is 35.0 Å². The van der Waals surface area contributed by atoms with Crippen molar-refractivity contribution >= 4 is 44.8 Å². The Morgan fingerprint density at radius 1 is 1.36 bits per heavy atom. The van der Waals surface area contributed by atoms with E-state index < -0.39 is 9.84 Å². The third-order valence-electron chi connectivity index (χ3n) is 3.93. The highest BCUT2D eigenvalue weighted by atomic mass is 35.5. The molecule has 0 spiro atoms. The average molecular weight is 422 g/mol. The van der Waals surface area contributed by atoms with Gasteiger partial charge in [-0.05, 0) is 18.6 Å². The molecule has 1 aliphatic rings. The van der Waals surface area contributed by atoms with E-state index in [-0.39, 0.29) is 17.4 Å². The normalized spacial score (nSPS) is 19.2. The monoisotopic (exact) mass is 421 g/mol. The second-order valence-corrected chi connectivity index (χ2v) is 9.91. The van der Waals surface area contributed by atoms with E-state index >= 15 is 0 Å². The van der Waals surface area contributed by atoms with Gasteiger partial charge in [-0.15, -0.1) is 10.2 Å². The van der Waals surface area contributed by atoms with Crippen LogP contribution in [-0.2, 0) is 16.9 Å². The molecule has 0 radical (unpaired) electrons. The van der Waals surface area contributed by atoms with Gasteiger partial charge in [0.1, 0.15) is 11.6 Å². The first-order valence-corrected chi connectivity index (χ1v) is 11.2. The van der Waals surface area contributed by atoms with Crippen molar-refractivity contribution in [1.82, 2.24) is 14.8 Å². The predicted octanol–water partition coefficient (Wildman–Crippen LogP) is 3.20. The molecule has 10 heteroatoms. The SMILES string of the molecule is Cn1c(SCCOc2cc(Cl)ccc2Cl)nnc1C1CCS(=O)(=O)C1. The Hall–Kier alpha value is -0.960. The molecule has 0 aliphatic carbocycles. The standard InChI is InChI=1S/C15H17Cl2N3O3S2/c1-20-14(10-4-7-25(21,22)9-10)18-19-15(20)24-6-5-23-13-8-11(16)2-3-12(13)17/h2-3,8,10H,4-7,9H2,1H3. The zero-order chi connectivity index (χ0) is 18.0. The molecule has 1 saturated heterocycles. The molecule has 1 atom stereocenters. The Morgan fingerprint density at radius 2 is 2.16 bits per heavy atom. The van der Waals surface area contributed by atoms with Crippen molar-refractivity contribution in [3.05, 3.63) is 34.1 Å². The maximum absolute atomic E-state index is 11.6. The smallest absolute Gasteiger partial charge is 0.191 e. The Labute approximate surface area is 160 Å². The average Bonchev–Trinajstić information content (AvgIpc) is 3.09. The molecule has 1 aromatic heterocycles. The third kappa shape index (κ3) is 4.61. The fraction of sp³-hybridized carbons (Fsp3) is 0.467. The molecule has 1 aliphatic heterocycles. The van der Waals surface area contributed by atoms with Crippen LogP contribution < -0.4 is 4.74 Å². The van der Waals surface area contributed by atoms with Crippen LogP contribution in [0, 0.1) is 0 Å². The van der Waals surface area contributed by atoms with Crippen LogP contribution in [0.1, 0.15) is 18.2 Å². The lowest BCUT2D eigenvalue weighted by molar-refractivity contribution is 0.344. The van der Waals surface area contributed by atoms with E-state index in [1.165, 1.54) is 11.8 Å². The van der Waals surface area contributed by atoms with Gasteiger partial charge >= 0.3 is 0 Å². The number of ether oxygens (including phenoxy) is 1. The number of thioether (sulfide) groups is 1. The number of halogens is 2. The minimum Gasteiger partial charge on any atom is -0.491 e. The van der Waals surface area contributed by atoms with E-state index in [9.17, 15) is 8.42 Å². The number of hydrogen-bond donors (Lipinski definition) is 0. The van der Waals surface area contributed by atoms with E-state index in [1.807, 2.05) is 11.6 Å². The number of sulfone groups is 1. The van der Waals surface area contributed by atoms with E-state index in [2.05, 4.69) is 10.2 Å². The molecule has 0 saturated carbocycles. The molecule has 1 unspecified atom stereocenters. The summed E-state index contributed by atoms with van der Waals surface area (Å²) in [7, 11) is -1.08. The van der Waals surface area contributed by atoms with Crippen LogP contribution in [0.25, 0.3) is 0 Å². The van der Waals surface area contributed by atoms with Crippen LogP contribution in [-0.4, -0.2) is 47.0 Å². The van der Waals surface area contributed by atoms with Crippen molar-refractivity contribution in [3.63, 3.8) is 0 Å². The van der Waals surface area contributed by atoms with Crippen LogP contribution in [0.3, 0.4) is 0 Å². The summed E-state index contributed by atoms with van der Waals surface area (Å²) in [6.45, 7) is 0.435. The van der Waals surface area contributed by atoms with Crippen LogP contribution in [0.15, 0.2) is 23.4 Å². The number of aromatic nitrogens is 3. The molecular formula is C15H17Cl2N3O3S2. The molecule has 25 heavy (non-hydrogen) atoms. The van der Waals surface area contributed by atoms with E-state index in [1.54, 1.807) is 18.2 Å². The molecule has 136 valence electrons. The summed E-state index contributed by atoms with van der Waals surface area (Å²) in [6.07, 6.45) is 0.606. The molecule has 2 aromatic rings. The molecule has 1 aromatic carbocycles. The number of benzene rings is 1. The van der Waals surface area contributed by atoms with E-state index in [4.69, 9.17) is 27.9 Å². The molecular weight excluding hydrogens is 405 g/mol. The fourth-order valence-electron chi connectivity index (χ4n) is 2.68. The second kappa shape index (κ2) is 7.73. The number of hydrogen-bond acceptors (Lipinski definition) is 6. The summed E-state index contributed by atoms with van der Waals surface area (Å²) >= 11 is 13.5. The van der Waals surface area contributed by atoms with Gasteiger partial charge in [0.25, 0.3) is 0 Å². The number of nitrogens with zero attached hydrogens (tertiary/aromatic N) is 3. The maximum Gasteiger partial charge on any atom is 0.191 e. The first-order valence-electron chi connectivity index (χ1n) is 7.66. The van der Waals surface area contributed by atoms with Gasteiger partial charge < -0.3 is 9.30 Å². The van der Waals surface area contributed by atoms with Gasteiger partial charge in [-0.25, -0.2) is 8.42 Å². The van der Waals surface area contributed by atoms with Gasteiger partial charge in [0.2, 0.25) is 0 Å².